The van der Waals surface area contributed by atoms with Crippen molar-refractivity contribution in [1.29, 1.82) is 0 Å². The number of unbranched alkanes of at least 4 members (excludes halogenated alkanes) is 2. The maximum absolute atomic E-state index is 15.8. The summed E-state index contributed by atoms with van der Waals surface area (Å²) in [7, 11) is 2.21. The number of ether oxygens (including phenoxy) is 7. The molecular weight excluding hydrogens is 816 g/mol. The third-order valence-electron chi connectivity index (χ3n) is 10.6. The van der Waals surface area contributed by atoms with E-state index in [0.29, 0.717) is 28.2 Å². The Balaban J connectivity index is 1.64. The zero-order chi connectivity index (χ0) is 46.1. The maximum atomic E-state index is 15.8. The largest absolute Gasteiger partial charge is 0.489 e. The van der Waals surface area contributed by atoms with Gasteiger partial charge < -0.3 is 33.2 Å². The lowest BCUT2D eigenvalue weighted by Crippen LogP contribution is -2.27. The highest BCUT2D eigenvalue weighted by molar-refractivity contribution is 5.93. The van der Waals surface area contributed by atoms with Crippen LogP contribution in [0.25, 0.3) is 22.3 Å². The van der Waals surface area contributed by atoms with Crippen LogP contribution in [0.15, 0.2) is 78.9 Å². The van der Waals surface area contributed by atoms with Crippen LogP contribution in [0, 0.1) is 17.7 Å². The van der Waals surface area contributed by atoms with E-state index in [-0.39, 0.29) is 40.8 Å². The molecule has 1 aliphatic rings. The van der Waals surface area contributed by atoms with E-state index in [1.54, 1.807) is 30.3 Å². The van der Waals surface area contributed by atoms with E-state index < -0.39 is 67.8 Å². The number of halogens is 1. The summed E-state index contributed by atoms with van der Waals surface area (Å²) < 4.78 is 52.7. The molecule has 0 aliphatic heterocycles. The minimum atomic E-state index is -0.932. The number of methoxy groups -OCH3 is 2. The summed E-state index contributed by atoms with van der Waals surface area (Å²) in [4.78, 5) is 73.6. The molecule has 0 N–H and O–H groups in total. The van der Waals surface area contributed by atoms with Crippen LogP contribution in [-0.2, 0) is 47.7 Å². The number of benzene rings is 3. The van der Waals surface area contributed by atoms with Crippen LogP contribution >= 0.6 is 0 Å². The number of carbonyl (C=O) groups is 6. The van der Waals surface area contributed by atoms with Crippen LogP contribution in [0.3, 0.4) is 0 Å². The third-order valence-corrected chi connectivity index (χ3v) is 10.6. The summed E-state index contributed by atoms with van der Waals surface area (Å²) in [5.41, 5.74) is 2.98. The lowest BCUT2D eigenvalue weighted by Gasteiger charge is -2.29. The van der Waals surface area contributed by atoms with Crippen molar-refractivity contribution < 1.29 is 66.3 Å². The topological polar surface area (TPSA) is 167 Å². The average Bonchev–Trinajstić information content (AvgIpc) is 3.26. The highest BCUT2D eigenvalue weighted by Crippen LogP contribution is 2.43. The SMILES string of the molecule is C=C(C)C(=O)Oc1cc(-c2ccc(-c3ccc(C4CCC(CCCCC)CC4)cc3F)cc2)c(OC(=O)C(=C)C)cc1OCC(COC(=O)CC(=O)OC)COC(=O)CC(=O)OC. The Hall–Kier alpha value is -6.31. The molecule has 14 heteroatoms. The van der Waals surface area contributed by atoms with Gasteiger partial charge in [0.1, 0.15) is 37.6 Å². The maximum Gasteiger partial charge on any atom is 0.338 e. The minimum Gasteiger partial charge on any atom is -0.489 e. The van der Waals surface area contributed by atoms with Gasteiger partial charge in [0.15, 0.2) is 11.5 Å². The quantitative estimate of drug-likeness (QED) is 0.0234. The first-order valence-electron chi connectivity index (χ1n) is 21.0. The summed E-state index contributed by atoms with van der Waals surface area (Å²) in [6, 6.07) is 15.1. The molecule has 0 unspecified atom stereocenters. The number of hydrogen-bond donors (Lipinski definition) is 0. The highest BCUT2D eigenvalue weighted by Gasteiger charge is 2.25. The van der Waals surface area contributed by atoms with Crippen LogP contribution in [-0.4, -0.2) is 69.9 Å². The fraction of sp³-hybridized carbons (Fsp3) is 0.429. The van der Waals surface area contributed by atoms with Crippen molar-refractivity contribution in [2.75, 3.05) is 34.0 Å². The molecule has 338 valence electrons. The number of hydrogen-bond acceptors (Lipinski definition) is 13. The van der Waals surface area contributed by atoms with Crippen molar-refractivity contribution in [3.63, 3.8) is 0 Å². The standard InChI is InChI=1S/C49H57FO13/c1-8-9-10-11-32-12-14-34(15-13-32)37-20-21-38(40(50)22-37)35-16-18-36(19-17-35)39-23-43(63-49(56)31(4)5)42(24-41(39)62-48(55)30(2)3)59-27-33(28-60-46(53)25-44(51)57-6)29-61-47(54)26-45(52)58-7/h16-24,32-34H,2,4,8-15,25-29H2,1,3,5-7H3. The molecule has 0 spiro atoms. The predicted octanol–water partition coefficient (Wildman–Crippen LogP) is 9.18. The first kappa shape index (κ1) is 49.3. The van der Waals surface area contributed by atoms with Gasteiger partial charge in [0.2, 0.25) is 0 Å². The lowest BCUT2D eigenvalue weighted by atomic mass is 9.77. The summed E-state index contributed by atoms with van der Waals surface area (Å²) in [6.07, 6.45) is 8.08. The Kier molecular flexibility index (Phi) is 19.1. The summed E-state index contributed by atoms with van der Waals surface area (Å²) >= 11 is 0. The van der Waals surface area contributed by atoms with Gasteiger partial charge in [-0.05, 0) is 80.2 Å². The fourth-order valence-electron chi connectivity index (χ4n) is 6.99. The first-order chi connectivity index (χ1) is 30.1. The van der Waals surface area contributed by atoms with E-state index in [0.717, 1.165) is 38.5 Å². The van der Waals surface area contributed by atoms with Gasteiger partial charge in [-0.3, -0.25) is 19.2 Å². The Bertz CT molecular complexity index is 2100. The normalized spacial score (nSPS) is 14.5. The molecule has 13 nitrogen and oxygen atoms in total. The van der Waals surface area contributed by atoms with Crippen LogP contribution in [0.2, 0.25) is 0 Å². The summed E-state index contributed by atoms with van der Waals surface area (Å²) in [5.74, 6) is -5.55. The molecule has 0 amide bonds. The zero-order valence-electron chi connectivity index (χ0n) is 36.7. The Morgan fingerprint density at radius 3 is 1.70 bits per heavy atom. The van der Waals surface area contributed by atoms with E-state index in [9.17, 15) is 28.8 Å². The molecule has 0 saturated heterocycles. The Morgan fingerprint density at radius 1 is 0.651 bits per heavy atom. The Labute approximate surface area is 367 Å². The van der Waals surface area contributed by atoms with E-state index in [2.05, 4.69) is 29.6 Å². The number of carbonyl (C=O) groups excluding carboxylic acids is 6. The van der Waals surface area contributed by atoms with E-state index in [1.165, 1.54) is 64.5 Å². The fourth-order valence-corrected chi connectivity index (χ4v) is 6.99. The molecule has 0 aromatic heterocycles. The molecule has 1 fully saturated rings. The summed E-state index contributed by atoms with van der Waals surface area (Å²) in [6.45, 7) is 11.2. The highest BCUT2D eigenvalue weighted by atomic mass is 19.1. The van der Waals surface area contributed by atoms with E-state index in [1.807, 2.05) is 12.1 Å². The second-order valence-corrected chi connectivity index (χ2v) is 15.7. The molecule has 63 heavy (non-hydrogen) atoms. The van der Waals surface area contributed by atoms with Crippen molar-refractivity contribution in [1.82, 2.24) is 0 Å². The second kappa shape index (κ2) is 24.4. The van der Waals surface area contributed by atoms with Gasteiger partial charge in [0, 0.05) is 28.3 Å². The molecule has 0 atom stereocenters. The number of rotatable bonds is 22. The van der Waals surface area contributed by atoms with Gasteiger partial charge in [0.05, 0.1) is 26.7 Å². The molecule has 1 aliphatic carbocycles. The molecule has 0 radical (unpaired) electrons. The molecular formula is C49H57FO13. The molecule has 0 heterocycles. The van der Waals surface area contributed by atoms with Crippen LogP contribution in [0.4, 0.5) is 4.39 Å². The van der Waals surface area contributed by atoms with Gasteiger partial charge >= 0.3 is 35.8 Å². The summed E-state index contributed by atoms with van der Waals surface area (Å²) in [5, 5.41) is 0. The van der Waals surface area contributed by atoms with Crippen molar-refractivity contribution in [2.24, 2.45) is 11.8 Å². The molecule has 3 aromatic carbocycles. The van der Waals surface area contributed by atoms with Gasteiger partial charge in [-0.15, -0.1) is 0 Å². The van der Waals surface area contributed by atoms with Crippen molar-refractivity contribution in [2.45, 2.75) is 90.9 Å². The van der Waals surface area contributed by atoms with Crippen LogP contribution in [0.1, 0.15) is 96.5 Å². The van der Waals surface area contributed by atoms with Crippen LogP contribution in [0.5, 0.6) is 17.2 Å². The monoisotopic (exact) mass is 872 g/mol. The van der Waals surface area contributed by atoms with Gasteiger partial charge in [-0.1, -0.05) is 82.2 Å². The molecule has 3 aromatic rings. The Morgan fingerprint density at radius 2 is 1.19 bits per heavy atom. The average molecular weight is 873 g/mol. The van der Waals surface area contributed by atoms with E-state index in [4.69, 9.17) is 23.7 Å². The van der Waals surface area contributed by atoms with E-state index >= 15 is 4.39 Å². The first-order valence-corrected chi connectivity index (χ1v) is 21.0. The molecule has 0 bridgehead atoms. The van der Waals surface area contributed by atoms with Crippen LogP contribution < -0.4 is 14.2 Å². The molecule has 4 rings (SSSR count). The number of esters is 6. The molecule has 1 saturated carbocycles. The minimum absolute atomic E-state index is 0.0259. The lowest BCUT2D eigenvalue weighted by molar-refractivity contribution is -0.156. The second-order valence-electron chi connectivity index (χ2n) is 15.7. The van der Waals surface area contributed by atoms with Gasteiger partial charge in [-0.2, -0.15) is 0 Å². The smallest absolute Gasteiger partial charge is 0.338 e. The van der Waals surface area contributed by atoms with Crippen molar-refractivity contribution >= 4 is 35.8 Å². The zero-order valence-corrected chi connectivity index (χ0v) is 36.7. The predicted molar refractivity (Wildman–Crippen MR) is 231 cm³/mol. The third kappa shape index (κ3) is 15.2. The van der Waals surface area contributed by atoms with Gasteiger partial charge in [0.25, 0.3) is 0 Å². The van der Waals surface area contributed by atoms with Gasteiger partial charge in [-0.25, -0.2) is 14.0 Å². The van der Waals surface area contributed by atoms with Crippen molar-refractivity contribution in [3.05, 3.63) is 90.3 Å². The van der Waals surface area contributed by atoms with Crippen molar-refractivity contribution in [3.8, 4) is 39.5 Å².